The second-order valence-corrected chi connectivity index (χ2v) is 7.88. The molecular formula is C25H27NO5. The minimum atomic E-state index is -0.640. The third-order valence-electron chi connectivity index (χ3n) is 6.07. The fourth-order valence-electron chi connectivity index (χ4n) is 4.55. The number of hydrogen-bond acceptors (Lipinski definition) is 5. The molecular weight excluding hydrogens is 394 g/mol. The van der Waals surface area contributed by atoms with Gasteiger partial charge in [-0.25, -0.2) is 0 Å². The van der Waals surface area contributed by atoms with Crippen LogP contribution in [0.2, 0.25) is 0 Å². The number of aliphatic hydroxyl groups excluding tert-OH is 1. The molecule has 0 aromatic heterocycles. The molecule has 6 nitrogen and oxygen atoms in total. The summed E-state index contributed by atoms with van der Waals surface area (Å²) in [5, 5.41) is 11.1. The highest BCUT2D eigenvalue weighted by Gasteiger charge is 2.49. The molecule has 4 rings (SSSR count). The van der Waals surface area contributed by atoms with Crippen LogP contribution in [-0.2, 0) is 9.59 Å². The number of likely N-dealkylation sites (tertiary alicyclic amines) is 1. The number of hydrogen-bond donors (Lipinski definition) is 1. The van der Waals surface area contributed by atoms with Gasteiger partial charge in [-0.05, 0) is 61.7 Å². The summed E-state index contributed by atoms with van der Waals surface area (Å²) in [6.07, 6.45) is 3.79. The third kappa shape index (κ3) is 3.90. The molecule has 1 saturated heterocycles. The van der Waals surface area contributed by atoms with Gasteiger partial charge in [0.15, 0.2) is 0 Å². The first kappa shape index (κ1) is 21.0. The van der Waals surface area contributed by atoms with Gasteiger partial charge in [-0.15, -0.1) is 0 Å². The predicted octanol–water partition coefficient (Wildman–Crippen LogP) is 4.46. The van der Waals surface area contributed by atoms with Gasteiger partial charge in [0.1, 0.15) is 17.3 Å². The minimum absolute atomic E-state index is 0.00538. The molecule has 2 aromatic rings. The van der Waals surface area contributed by atoms with Crippen LogP contribution < -0.4 is 9.47 Å². The lowest BCUT2D eigenvalue weighted by molar-refractivity contribution is -0.141. The molecule has 31 heavy (non-hydrogen) atoms. The van der Waals surface area contributed by atoms with Crippen LogP contribution in [0.15, 0.2) is 54.1 Å². The second-order valence-electron chi connectivity index (χ2n) is 7.88. The SMILES string of the molecule is CCOc1ccc(C2/C(=C(/O)c3ccc(OC)cc3)C(=O)C(=O)N2C2CCCC2)cc1. The summed E-state index contributed by atoms with van der Waals surface area (Å²) >= 11 is 0. The standard InChI is InChI=1S/C25H27NO5/c1-3-31-20-14-8-16(9-15-20)22-21(23(27)17-10-12-19(30-2)13-11-17)24(28)25(29)26(22)18-6-4-5-7-18/h8-15,18,22,27H,3-7H2,1-2H3/b23-21-. The van der Waals surface area contributed by atoms with Crippen molar-refractivity contribution in [1.29, 1.82) is 0 Å². The highest BCUT2D eigenvalue weighted by atomic mass is 16.5. The Morgan fingerprint density at radius 3 is 2.19 bits per heavy atom. The Bertz CT molecular complexity index is 988. The minimum Gasteiger partial charge on any atom is -0.507 e. The number of methoxy groups -OCH3 is 1. The van der Waals surface area contributed by atoms with E-state index in [0.717, 1.165) is 37.0 Å². The average molecular weight is 421 g/mol. The highest BCUT2D eigenvalue weighted by Crippen LogP contribution is 2.43. The summed E-state index contributed by atoms with van der Waals surface area (Å²) in [6.45, 7) is 2.47. The number of amides is 1. The Morgan fingerprint density at radius 2 is 1.61 bits per heavy atom. The predicted molar refractivity (Wildman–Crippen MR) is 117 cm³/mol. The smallest absolute Gasteiger partial charge is 0.295 e. The van der Waals surface area contributed by atoms with Crippen molar-refractivity contribution >= 4 is 17.4 Å². The summed E-state index contributed by atoms with van der Waals surface area (Å²) in [5.41, 5.74) is 1.39. The van der Waals surface area contributed by atoms with Crippen molar-refractivity contribution in [1.82, 2.24) is 4.90 Å². The molecule has 0 spiro atoms. The van der Waals surface area contributed by atoms with Gasteiger partial charge in [0.05, 0.1) is 25.3 Å². The molecule has 0 bridgehead atoms. The Morgan fingerprint density at radius 1 is 1.00 bits per heavy atom. The average Bonchev–Trinajstić information content (AvgIpc) is 3.41. The van der Waals surface area contributed by atoms with Crippen molar-refractivity contribution in [2.75, 3.05) is 13.7 Å². The van der Waals surface area contributed by atoms with Gasteiger partial charge in [-0.1, -0.05) is 25.0 Å². The van der Waals surface area contributed by atoms with Gasteiger partial charge in [0, 0.05) is 11.6 Å². The van der Waals surface area contributed by atoms with E-state index in [0.29, 0.717) is 17.9 Å². The van der Waals surface area contributed by atoms with Crippen LogP contribution in [0.3, 0.4) is 0 Å². The van der Waals surface area contributed by atoms with Gasteiger partial charge in [0.2, 0.25) is 0 Å². The van der Waals surface area contributed by atoms with Gasteiger partial charge >= 0.3 is 0 Å². The van der Waals surface area contributed by atoms with E-state index in [-0.39, 0.29) is 17.4 Å². The zero-order valence-electron chi connectivity index (χ0n) is 17.8. The van der Waals surface area contributed by atoms with Crippen LogP contribution in [0.4, 0.5) is 0 Å². The highest BCUT2D eigenvalue weighted by molar-refractivity contribution is 6.46. The first-order chi connectivity index (χ1) is 15.0. The molecule has 1 N–H and O–H groups in total. The number of benzene rings is 2. The molecule has 162 valence electrons. The van der Waals surface area contributed by atoms with E-state index in [1.807, 2.05) is 31.2 Å². The molecule has 1 atom stereocenters. The summed E-state index contributed by atoms with van der Waals surface area (Å²) in [7, 11) is 1.56. The van der Waals surface area contributed by atoms with Crippen molar-refractivity contribution in [2.45, 2.75) is 44.7 Å². The van der Waals surface area contributed by atoms with Gasteiger partial charge in [0.25, 0.3) is 11.7 Å². The van der Waals surface area contributed by atoms with Crippen molar-refractivity contribution in [2.24, 2.45) is 0 Å². The monoisotopic (exact) mass is 421 g/mol. The Balaban J connectivity index is 1.82. The number of ketones is 1. The van der Waals surface area contributed by atoms with E-state index in [1.54, 1.807) is 36.3 Å². The van der Waals surface area contributed by atoms with Crippen LogP contribution in [0.1, 0.15) is 49.8 Å². The fourth-order valence-corrected chi connectivity index (χ4v) is 4.55. The number of ether oxygens (including phenoxy) is 2. The van der Waals surface area contributed by atoms with E-state index in [1.165, 1.54) is 0 Å². The molecule has 2 fully saturated rings. The molecule has 2 aliphatic rings. The van der Waals surface area contributed by atoms with Crippen molar-refractivity contribution in [3.05, 3.63) is 65.2 Å². The molecule has 1 aliphatic carbocycles. The van der Waals surface area contributed by atoms with Crippen molar-refractivity contribution < 1.29 is 24.2 Å². The molecule has 0 radical (unpaired) electrons. The number of nitrogens with zero attached hydrogens (tertiary/aromatic N) is 1. The summed E-state index contributed by atoms with van der Waals surface area (Å²) in [4.78, 5) is 27.9. The number of Topliss-reactive ketones (excluding diaryl/α,β-unsaturated/α-hetero) is 1. The Labute approximate surface area is 182 Å². The molecule has 1 aliphatic heterocycles. The number of carbonyl (C=O) groups excluding carboxylic acids is 2. The molecule has 1 amide bonds. The summed E-state index contributed by atoms with van der Waals surface area (Å²) in [6, 6.07) is 13.6. The fraction of sp³-hybridized carbons (Fsp3) is 0.360. The van der Waals surface area contributed by atoms with Crippen LogP contribution in [0.25, 0.3) is 5.76 Å². The summed E-state index contributed by atoms with van der Waals surface area (Å²) < 4.78 is 10.7. The lowest BCUT2D eigenvalue weighted by atomic mass is 9.94. The zero-order valence-corrected chi connectivity index (χ0v) is 17.8. The van der Waals surface area contributed by atoms with Crippen LogP contribution in [0.5, 0.6) is 11.5 Å². The molecule has 1 saturated carbocycles. The number of rotatable bonds is 6. The quantitative estimate of drug-likeness (QED) is 0.423. The van der Waals surface area contributed by atoms with E-state index < -0.39 is 17.7 Å². The molecule has 1 unspecified atom stereocenters. The van der Waals surface area contributed by atoms with Crippen LogP contribution in [-0.4, -0.2) is 41.5 Å². The Kier molecular flexibility index (Phi) is 5.98. The maximum atomic E-state index is 13.1. The normalized spacial score (nSPS) is 21.0. The van der Waals surface area contributed by atoms with Gasteiger partial charge < -0.3 is 19.5 Å². The molecule has 2 aromatic carbocycles. The van der Waals surface area contributed by atoms with Crippen molar-refractivity contribution in [3.63, 3.8) is 0 Å². The maximum absolute atomic E-state index is 13.1. The lowest BCUT2D eigenvalue weighted by Gasteiger charge is -2.30. The lowest BCUT2D eigenvalue weighted by Crippen LogP contribution is -2.37. The topological polar surface area (TPSA) is 76.1 Å². The van der Waals surface area contributed by atoms with Crippen LogP contribution in [0, 0.1) is 0 Å². The largest absolute Gasteiger partial charge is 0.507 e. The van der Waals surface area contributed by atoms with Crippen LogP contribution >= 0.6 is 0 Å². The van der Waals surface area contributed by atoms with Crippen molar-refractivity contribution in [3.8, 4) is 11.5 Å². The Hall–Kier alpha value is -3.28. The first-order valence-corrected chi connectivity index (χ1v) is 10.7. The van der Waals surface area contributed by atoms with E-state index in [2.05, 4.69) is 0 Å². The molecule has 1 heterocycles. The van der Waals surface area contributed by atoms with E-state index >= 15 is 0 Å². The first-order valence-electron chi connectivity index (χ1n) is 10.7. The van der Waals surface area contributed by atoms with Gasteiger partial charge in [-0.3, -0.25) is 9.59 Å². The molecule has 6 heteroatoms. The van der Waals surface area contributed by atoms with E-state index in [4.69, 9.17) is 9.47 Å². The maximum Gasteiger partial charge on any atom is 0.295 e. The second kappa shape index (κ2) is 8.84. The third-order valence-corrected chi connectivity index (χ3v) is 6.07. The number of aliphatic hydroxyl groups is 1. The van der Waals surface area contributed by atoms with Gasteiger partial charge in [-0.2, -0.15) is 0 Å². The zero-order chi connectivity index (χ0) is 22.0. The number of carbonyl (C=O) groups is 2. The van der Waals surface area contributed by atoms with E-state index in [9.17, 15) is 14.7 Å². The summed E-state index contributed by atoms with van der Waals surface area (Å²) in [5.74, 6) is 0.0191.